The van der Waals surface area contributed by atoms with Crippen LogP contribution in [0, 0.1) is 18.6 Å². The molecule has 0 unspecified atom stereocenters. The summed E-state index contributed by atoms with van der Waals surface area (Å²) in [4.78, 5) is 0. The number of hydrogen-bond acceptors (Lipinski definition) is 2. The molecule has 0 fully saturated rings. The summed E-state index contributed by atoms with van der Waals surface area (Å²) in [6, 6.07) is 18.2. The maximum atomic E-state index is 13.3. The van der Waals surface area contributed by atoms with Gasteiger partial charge in [0.05, 0.1) is 11.2 Å². The number of nitrogens with one attached hydrogen (secondary N) is 1. The van der Waals surface area contributed by atoms with E-state index in [4.69, 9.17) is 0 Å². The van der Waals surface area contributed by atoms with E-state index in [2.05, 4.69) is 10.4 Å². The topological polar surface area (TPSA) is 29.9 Å². The molecule has 0 spiro atoms. The molecule has 0 radical (unpaired) electrons. The molecule has 25 heavy (non-hydrogen) atoms. The van der Waals surface area contributed by atoms with Gasteiger partial charge in [-0.15, -0.1) is 0 Å². The number of fused-ring (bicyclic) bond motifs is 1. The summed E-state index contributed by atoms with van der Waals surface area (Å²) in [5, 5.41) is 8.87. The van der Waals surface area contributed by atoms with Gasteiger partial charge in [-0.1, -0.05) is 11.6 Å². The Morgan fingerprint density at radius 2 is 1.48 bits per heavy atom. The van der Waals surface area contributed by atoms with Gasteiger partial charge in [0, 0.05) is 11.1 Å². The minimum Gasteiger partial charge on any atom is -0.340 e. The Morgan fingerprint density at radius 3 is 2.16 bits per heavy atom. The Labute approximate surface area is 143 Å². The van der Waals surface area contributed by atoms with Crippen molar-refractivity contribution in [1.82, 2.24) is 9.78 Å². The lowest BCUT2D eigenvalue weighted by molar-refractivity contribution is 0.627. The van der Waals surface area contributed by atoms with E-state index in [-0.39, 0.29) is 11.6 Å². The number of benzene rings is 3. The van der Waals surface area contributed by atoms with Crippen molar-refractivity contribution in [1.29, 1.82) is 0 Å². The molecule has 0 saturated carbocycles. The van der Waals surface area contributed by atoms with E-state index in [1.165, 1.54) is 24.3 Å². The van der Waals surface area contributed by atoms with Gasteiger partial charge in [-0.25, -0.2) is 13.5 Å². The number of nitrogens with zero attached hydrogens (tertiary/aromatic N) is 2. The molecule has 3 nitrogen and oxygen atoms in total. The highest BCUT2D eigenvalue weighted by Gasteiger charge is 2.13. The van der Waals surface area contributed by atoms with E-state index in [1.807, 2.05) is 25.1 Å². The number of hydrogen-bond donors (Lipinski definition) is 1. The van der Waals surface area contributed by atoms with Crippen molar-refractivity contribution in [2.45, 2.75) is 6.92 Å². The number of halogens is 2. The lowest BCUT2D eigenvalue weighted by atomic mass is 10.1. The maximum absolute atomic E-state index is 13.3. The summed E-state index contributed by atoms with van der Waals surface area (Å²) in [6.45, 7) is 2.01. The summed E-state index contributed by atoms with van der Waals surface area (Å²) in [5.74, 6) is 0.152. The van der Waals surface area contributed by atoms with Crippen LogP contribution >= 0.6 is 0 Å². The lowest BCUT2D eigenvalue weighted by Crippen LogP contribution is -2.02. The first kappa shape index (κ1) is 15.3. The van der Waals surface area contributed by atoms with E-state index < -0.39 is 0 Å². The molecule has 1 N–H and O–H groups in total. The van der Waals surface area contributed by atoms with E-state index >= 15 is 0 Å². The molecule has 0 aliphatic rings. The normalized spacial score (nSPS) is 11.0. The number of aromatic nitrogens is 2. The van der Waals surface area contributed by atoms with E-state index in [0.29, 0.717) is 0 Å². The van der Waals surface area contributed by atoms with Gasteiger partial charge in [0.15, 0.2) is 0 Å². The number of aryl methyl sites for hydroxylation is 1. The van der Waals surface area contributed by atoms with Crippen LogP contribution in [-0.2, 0) is 0 Å². The van der Waals surface area contributed by atoms with Gasteiger partial charge in [0.1, 0.15) is 17.5 Å². The van der Waals surface area contributed by atoms with Crippen molar-refractivity contribution in [2.75, 3.05) is 5.32 Å². The van der Waals surface area contributed by atoms with Crippen molar-refractivity contribution in [3.8, 4) is 5.69 Å². The van der Waals surface area contributed by atoms with E-state index in [9.17, 15) is 8.78 Å². The highest BCUT2D eigenvalue weighted by atomic mass is 19.1. The molecule has 1 aromatic heterocycles. The van der Waals surface area contributed by atoms with Gasteiger partial charge in [0.25, 0.3) is 0 Å². The van der Waals surface area contributed by atoms with Crippen molar-refractivity contribution in [2.24, 2.45) is 0 Å². The van der Waals surface area contributed by atoms with Crippen LogP contribution < -0.4 is 5.32 Å². The highest BCUT2D eigenvalue weighted by Crippen LogP contribution is 2.30. The Hall–Kier alpha value is -3.21. The summed E-state index contributed by atoms with van der Waals surface area (Å²) >= 11 is 0. The summed E-state index contributed by atoms with van der Waals surface area (Å²) in [6.07, 6.45) is 0. The fraction of sp³-hybridized carbons (Fsp3) is 0.0500. The monoisotopic (exact) mass is 335 g/mol. The smallest absolute Gasteiger partial charge is 0.142 e. The number of rotatable bonds is 3. The van der Waals surface area contributed by atoms with Crippen molar-refractivity contribution < 1.29 is 8.78 Å². The minimum absolute atomic E-state index is 0.293. The zero-order valence-electron chi connectivity index (χ0n) is 13.5. The Balaban J connectivity index is 1.89. The van der Waals surface area contributed by atoms with Crippen LogP contribution in [-0.4, -0.2) is 9.78 Å². The van der Waals surface area contributed by atoms with E-state index in [0.717, 1.165) is 33.7 Å². The van der Waals surface area contributed by atoms with Gasteiger partial charge in [-0.05, 0) is 67.6 Å². The SMILES string of the molecule is Cc1ccc2nn(-c3ccc(F)cc3)c(Nc3ccc(F)cc3)c2c1. The van der Waals surface area contributed by atoms with Crippen LogP contribution in [0.25, 0.3) is 16.6 Å². The van der Waals surface area contributed by atoms with Gasteiger partial charge in [0.2, 0.25) is 0 Å². The van der Waals surface area contributed by atoms with Crippen LogP contribution in [0.15, 0.2) is 66.7 Å². The average Bonchev–Trinajstić information content (AvgIpc) is 2.95. The molecule has 0 bridgehead atoms. The Kier molecular flexibility index (Phi) is 3.69. The van der Waals surface area contributed by atoms with Crippen molar-refractivity contribution in [3.05, 3.63) is 83.9 Å². The first-order chi connectivity index (χ1) is 12.1. The van der Waals surface area contributed by atoms with E-state index in [1.54, 1.807) is 28.9 Å². The van der Waals surface area contributed by atoms with Crippen LogP contribution in [0.3, 0.4) is 0 Å². The fourth-order valence-electron chi connectivity index (χ4n) is 2.76. The summed E-state index contributed by atoms with van der Waals surface area (Å²) < 4.78 is 28.2. The standard InChI is InChI=1S/C20H15F2N3/c1-13-2-11-19-18(12-13)20(23-16-7-3-14(21)4-8-16)25(24-19)17-9-5-15(22)6-10-17/h2-12,23H,1H3. The molecular formula is C20H15F2N3. The van der Waals surface area contributed by atoms with Gasteiger partial charge in [-0.2, -0.15) is 5.10 Å². The predicted molar refractivity (Wildman–Crippen MR) is 95.4 cm³/mol. The second-order valence-electron chi connectivity index (χ2n) is 5.89. The third-order valence-electron chi connectivity index (χ3n) is 4.00. The largest absolute Gasteiger partial charge is 0.340 e. The Morgan fingerprint density at radius 1 is 0.840 bits per heavy atom. The van der Waals surface area contributed by atoms with Crippen LogP contribution in [0.2, 0.25) is 0 Å². The lowest BCUT2D eigenvalue weighted by Gasteiger charge is -2.11. The van der Waals surface area contributed by atoms with Crippen molar-refractivity contribution in [3.63, 3.8) is 0 Å². The first-order valence-corrected chi connectivity index (χ1v) is 7.88. The second kappa shape index (κ2) is 6.02. The highest BCUT2D eigenvalue weighted by molar-refractivity contribution is 5.93. The third kappa shape index (κ3) is 2.96. The first-order valence-electron chi connectivity index (χ1n) is 7.88. The molecular weight excluding hydrogens is 320 g/mol. The molecule has 5 heteroatoms. The molecule has 3 aromatic carbocycles. The summed E-state index contributed by atoms with van der Waals surface area (Å²) in [7, 11) is 0. The van der Waals surface area contributed by atoms with Gasteiger partial charge >= 0.3 is 0 Å². The quantitative estimate of drug-likeness (QED) is 0.546. The van der Waals surface area contributed by atoms with Crippen molar-refractivity contribution >= 4 is 22.4 Å². The van der Waals surface area contributed by atoms with Crippen LogP contribution in [0.1, 0.15) is 5.56 Å². The number of anilines is 2. The third-order valence-corrected chi connectivity index (χ3v) is 4.00. The average molecular weight is 335 g/mol. The molecule has 0 saturated heterocycles. The minimum atomic E-state index is -0.302. The maximum Gasteiger partial charge on any atom is 0.142 e. The van der Waals surface area contributed by atoms with Crippen LogP contribution in [0.5, 0.6) is 0 Å². The molecule has 4 aromatic rings. The summed E-state index contributed by atoms with van der Waals surface area (Å²) in [5.41, 5.74) is 3.40. The molecule has 0 atom stereocenters. The fourth-order valence-corrected chi connectivity index (χ4v) is 2.76. The molecule has 0 aliphatic heterocycles. The second-order valence-corrected chi connectivity index (χ2v) is 5.89. The predicted octanol–water partition coefficient (Wildman–Crippen LogP) is 5.36. The van der Waals surface area contributed by atoms with Gasteiger partial charge in [-0.3, -0.25) is 0 Å². The Bertz CT molecular complexity index is 1040. The molecule has 124 valence electrons. The van der Waals surface area contributed by atoms with Gasteiger partial charge < -0.3 is 5.32 Å². The molecule has 1 heterocycles. The molecule has 4 rings (SSSR count). The zero-order valence-corrected chi connectivity index (χ0v) is 13.5. The zero-order chi connectivity index (χ0) is 17.4. The molecule has 0 amide bonds. The van der Waals surface area contributed by atoms with Crippen LogP contribution in [0.4, 0.5) is 20.3 Å². The molecule has 0 aliphatic carbocycles.